The third kappa shape index (κ3) is 13.1. The quantitative estimate of drug-likeness (QED) is 0.0566. The fourth-order valence-electron chi connectivity index (χ4n) is 3.57. The molecule has 0 aromatic heterocycles. The van der Waals surface area contributed by atoms with Crippen LogP contribution in [0.3, 0.4) is 0 Å². The lowest BCUT2D eigenvalue weighted by Gasteiger charge is -2.25. The largest absolute Gasteiger partial charge is 0.460 e. The van der Waals surface area contributed by atoms with Crippen LogP contribution >= 0.6 is 0 Å². The second-order valence-electron chi connectivity index (χ2n) is 9.80. The standard InChI is InChI=1S/C29H34N4O10/c1-20-12-13-22(30-18-34)17-25(20)33-28(38)42-43-40-15-7-5-6-11-26(36)41-29(3,4)14-16-39-27(37)32-24-10-8-9-23(21(24)2)31-19-35/h8-10,12-13,17H,5-7,11,14-16H2,1-4H3,(H,32,37)(H,33,38). The van der Waals surface area contributed by atoms with E-state index in [1.807, 2.05) is 0 Å². The van der Waals surface area contributed by atoms with Gasteiger partial charge in [0.05, 0.1) is 24.6 Å². The van der Waals surface area contributed by atoms with Crippen molar-refractivity contribution in [2.24, 2.45) is 9.98 Å². The lowest BCUT2D eigenvalue weighted by atomic mass is 10.1. The Balaban J connectivity index is 1.56. The molecule has 230 valence electrons. The molecule has 2 aromatic rings. The number of hydrogen-bond donors (Lipinski definition) is 2. The number of isocyanates is 2. The zero-order valence-corrected chi connectivity index (χ0v) is 24.4. The number of nitrogens with zero attached hydrogens (tertiary/aromatic N) is 2. The van der Waals surface area contributed by atoms with E-state index in [1.54, 1.807) is 58.0 Å². The number of anilines is 2. The van der Waals surface area contributed by atoms with E-state index >= 15 is 0 Å². The summed E-state index contributed by atoms with van der Waals surface area (Å²) >= 11 is 0. The maximum absolute atomic E-state index is 12.2. The Kier molecular flexibility index (Phi) is 14.2. The number of amides is 2. The molecule has 0 atom stereocenters. The average molecular weight is 599 g/mol. The summed E-state index contributed by atoms with van der Waals surface area (Å²) in [6, 6.07) is 9.63. The zero-order chi connectivity index (χ0) is 31.7. The smallest absolute Gasteiger partial charge is 0.446 e. The summed E-state index contributed by atoms with van der Waals surface area (Å²) in [7, 11) is 0. The number of ether oxygens (including phenoxy) is 2. The van der Waals surface area contributed by atoms with Crippen LogP contribution in [0.1, 0.15) is 57.1 Å². The molecule has 2 aromatic carbocycles. The van der Waals surface area contributed by atoms with Crippen LogP contribution < -0.4 is 10.6 Å². The minimum atomic E-state index is -0.932. The van der Waals surface area contributed by atoms with Crippen LogP contribution in [0, 0.1) is 13.8 Å². The van der Waals surface area contributed by atoms with Crippen LogP contribution in [0.15, 0.2) is 46.4 Å². The van der Waals surface area contributed by atoms with E-state index in [0.717, 1.165) is 0 Å². The molecule has 0 heterocycles. The number of esters is 1. The fraction of sp³-hybridized carbons (Fsp3) is 0.414. The van der Waals surface area contributed by atoms with Crippen molar-refractivity contribution in [2.75, 3.05) is 23.8 Å². The summed E-state index contributed by atoms with van der Waals surface area (Å²) in [5.41, 5.74) is 1.97. The second-order valence-corrected chi connectivity index (χ2v) is 9.80. The predicted octanol–water partition coefficient (Wildman–Crippen LogP) is 6.17. The number of aliphatic imine (C=N–C) groups is 2. The van der Waals surface area contributed by atoms with Crippen molar-refractivity contribution in [1.29, 1.82) is 0 Å². The van der Waals surface area contributed by atoms with E-state index in [-0.39, 0.29) is 26.1 Å². The molecule has 2 amide bonds. The molecule has 0 fully saturated rings. The molecule has 43 heavy (non-hydrogen) atoms. The third-order valence-corrected chi connectivity index (χ3v) is 5.93. The highest BCUT2D eigenvalue weighted by Gasteiger charge is 2.23. The lowest BCUT2D eigenvalue weighted by Crippen LogP contribution is -2.30. The van der Waals surface area contributed by atoms with E-state index in [9.17, 15) is 24.0 Å². The number of hydrogen-bond acceptors (Lipinski definition) is 12. The van der Waals surface area contributed by atoms with Crippen molar-refractivity contribution in [1.82, 2.24) is 0 Å². The van der Waals surface area contributed by atoms with Gasteiger partial charge < -0.3 is 9.47 Å². The number of rotatable bonds is 16. The van der Waals surface area contributed by atoms with E-state index in [1.165, 1.54) is 18.2 Å². The monoisotopic (exact) mass is 598 g/mol. The Hall–Kier alpha value is -4.87. The zero-order valence-electron chi connectivity index (χ0n) is 24.4. The Morgan fingerprint density at radius 3 is 2.37 bits per heavy atom. The number of carbonyl (C=O) groups excluding carboxylic acids is 5. The van der Waals surface area contributed by atoms with Crippen LogP contribution in [0.5, 0.6) is 0 Å². The van der Waals surface area contributed by atoms with Crippen LogP contribution in [0.2, 0.25) is 0 Å². The van der Waals surface area contributed by atoms with Gasteiger partial charge in [0.25, 0.3) is 0 Å². The summed E-state index contributed by atoms with van der Waals surface area (Å²) < 4.78 is 10.7. The number of unbranched alkanes of at least 4 members (excludes halogenated alkanes) is 2. The van der Waals surface area contributed by atoms with Crippen molar-refractivity contribution >= 4 is 53.1 Å². The minimum Gasteiger partial charge on any atom is -0.460 e. The van der Waals surface area contributed by atoms with Gasteiger partial charge in [0.15, 0.2) is 0 Å². The molecule has 14 nitrogen and oxygen atoms in total. The first-order chi connectivity index (χ1) is 20.5. The predicted molar refractivity (Wildman–Crippen MR) is 153 cm³/mol. The summed E-state index contributed by atoms with van der Waals surface area (Å²) in [6.07, 6.45) is 3.39. The van der Waals surface area contributed by atoms with Gasteiger partial charge in [0, 0.05) is 24.2 Å². The molecule has 0 spiro atoms. The molecule has 2 rings (SSSR count). The van der Waals surface area contributed by atoms with Gasteiger partial charge in [-0.25, -0.2) is 24.1 Å². The Bertz CT molecular complexity index is 1370. The third-order valence-electron chi connectivity index (χ3n) is 5.93. The van der Waals surface area contributed by atoms with Gasteiger partial charge in [-0.05, 0) is 81.0 Å². The number of benzene rings is 2. The Morgan fingerprint density at radius 2 is 1.63 bits per heavy atom. The highest BCUT2D eigenvalue weighted by atomic mass is 17.5. The summed E-state index contributed by atoms with van der Waals surface area (Å²) in [6.45, 7) is 7.00. The van der Waals surface area contributed by atoms with E-state index < -0.39 is 23.8 Å². The maximum atomic E-state index is 12.2. The van der Waals surface area contributed by atoms with Crippen LogP contribution in [-0.2, 0) is 38.7 Å². The lowest BCUT2D eigenvalue weighted by molar-refractivity contribution is -0.480. The van der Waals surface area contributed by atoms with Gasteiger partial charge in [-0.3, -0.25) is 15.4 Å². The van der Waals surface area contributed by atoms with Gasteiger partial charge in [0.2, 0.25) is 12.2 Å². The van der Waals surface area contributed by atoms with Crippen molar-refractivity contribution in [2.45, 2.75) is 65.4 Å². The van der Waals surface area contributed by atoms with E-state index in [2.05, 4.69) is 30.5 Å². The second kappa shape index (κ2) is 17.8. The summed E-state index contributed by atoms with van der Waals surface area (Å²) in [5, 5.41) is 9.47. The number of aryl methyl sites for hydroxylation is 1. The van der Waals surface area contributed by atoms with E-state index in [4.69, 9.17) is 14.4 Å². The first-order valence-electron chi connectivity index (χ1n) is 13.3. The van der Waals surface area contributed by atoms with E-state index in [0.29, 0.717) is 53.1 Å². The van der Waals surface area contributed by atoms with Gasteiger partial charge in [-0.15, -0.1) is 0 Å². The van der Waals surface area contributed by atoms with Crippen molar-refractivity contribution in [3.05, 3.63) is 47.5 Å². The van der Waals surface area contributed by atoms with Gasteiger partial charge >= 0.3 is 18.2 Å². The molecule has 0 unspecified atom stereocenters. The summed E-state index contributed by atoms with van der Waals surface area (Å²) in [4.78, 5) is 73.5. The van der Waals surface area contributed by atoms with Gasteiger partial charge in [-0.2, -0.15) is 14.9 Å². The van der Waals surface area contributed by atoms with Crippen LogP contribution in [0.25, 0.3) is 0 Å². The average Bonchev–Trinajstić information content (AvgIpc) is 2.94. The van der Waals surface area contributed by atoms with Crippen LogP contribution in [-0.4, -0.2) is 49.1 Å². The highest BCUT2D eigenvalue weighted by molar-refractivity contribution is 5.87. The molecule has 0 aliphatic rings. The molecule has 0 aliphatic carbocycles. The highest BCUT2D eigenvalue weighted by Crippen LogP contribution is 2.26. The van der Waals surface area contributed by atoms with Crippen molar-refractivity contribution < 1.29 is 48.3 Å². The summed E-state index contributed by atoms with van der Waals surface area (Å²) in [5.74, 6) is -0.395. The molecule has 0 aliphatic heterocycles. The maximum Gasteiger partial charge on any atom is 0.446 e. The molecule has 2 N–H and O–H groups in total. The minimum absolute atomic E-state index is 0.00941. The first-order valence-corrected chi connectivity index (χ1v) is 13.3. The van der Waals surface area contributed by atoms with Crippen molar-refractivity contribution in [3.8, 4) is 0 Å². The number of nitrogens with one attached hydrogen (secondary N) is 2. The topological polar surface area (TPSA) is 180 Å². The Morgan fingerprint density at radius 1 is 0.884 bits per heavy atom. The SMILES string of the molecule is Cc1ccc(N=C=O)cc1NC(=O)OOOCCCCCC(=O)OC(C)(C)CCOC(=O)Nc1cccc(N=C=O)c1C. The molecule has 0 bridgehead atoms. The van der Waals surface area contributed by atoms with Crippen LogP contribution in [0.4, 0.5) is 32.3 Å². The van der Waals surface area contributed by atoms with Gasteiger partial charge in [0.1, 0.15) is 5.60 Å². The molecule has 0 saturated carbocycles. The Labute approximate surface area is 248 Å². The fourth-order valence-corrected chi connectivity index (χ4v) is 3.57. The number of carbonyl (C=O) groups is 3. The van der Waals surface area contributed by atoms with Crippen molar-refractivity contribution in [3.63, 3.8) is 0 Å². The molecule has 0 radical (unpaired) electrons. The normalized spacial score (nSPS) is 10.5. The molecule has 0 saturated heterocycles. The molecular weight excluding hydrogens is 564 g/mol. The van der Waals surface area contributed by atoms with Gasteiger partial charge in [-0.1, -0.05) is 18.6 Å². The first kappa shape index (κ1) is 34.3. The molecule has 14 heteroatoms. The molecular formula is C29H34N4O10.